The first kappa shape index (κ1) is 55.6. The van der Waals surface area contributed by atoms with Gasteiger partial charge in [0, 0.05) is 23.6 Å². The Morgan fingerprint density at radius 3 is 0.918 bits per heavy atom. The van der Waals surface area contributed by atoms with Gasteiger partial charge in [-0.3, -0.25) is 0 Å². The van der Waals surface area contributed by atoms with E-state index in [2.05, 4.69) is 19.7 Å². The van der Waals surface area contributed by atoms with Crippen LogP contribution >= 0.6 is 0 Å². The minimum atomic E-state index is -0.981. The van der Waals surface area contributed by atoms with Crippen LogP contribution in [0.15, 0.2) is 38.0 Å². The van der Waals surface area contributed by atoms with E-state index in [0.29, 0.717) is 39.5 Å². The molecule has 16 heteroatoms. The van der Waals surface area contributed by atoms with Crippen LogP contribution < -0.4 is 0 Å². The van der Waals surface area contributed by atoms with Crippen LogP contribution in [-0.2, 0) is 38.1 Å². The van der Waals surface area contributed by atoms with Gasteiger partial charge in [0.2, 0.25) is 0 Å². The van der Waals surface area contributed by atoms with Crippen molar-refractivity contribution in [2.45, 2.75) is 91.5 Å². The third kappa shape index (κ3) is 47.4. The smallest absolute Gasteiger partial charge is 0.327 e. The standard InChI is InChI=1S/C18H38O7.C6H14O3.3C3H4O2/c1-13(20)8-21-15(3)10-23-17(5)12-25-18(6)11-24-16(4)9-22-14(2)7-19;1-2-6(3-7,4-8)5-9;3*1-2-3(4)5/h13-20H,7-12H2,1-6H3;7-9H,2-5H2,1H3;3*2H,1H2,(H,4,5). The van der Waals surface area contributed by atoms with Crippen molar-refractivity contribution in [3.05, 3.63) is 38.0 Å². The van der Waals surface area contributed by atoms with Crippen molar-refractivity contribution in [1.82, 2.24) is 0 Å². The predicted octanol–water partition coefficient (Wildman–Crippen LogP) is 1.52. The summed E-state index contributed by atoms with van der Waals surface area (Å²) in [6.07, 6.45) is 2.23. The summed E-state index contributed by atoms with van der Waals surface area (Å²) in [4.78, 5) is 27.8. The van der Waals surface area contributed by atoms with E-state index >= 15 is 0 Å². The number of hydrogen-bond acceptors (Lipinski definition) is 13. The second-order valence-corrected chi connectivity index (χ2v) is 10.7. The number of rotatable bonds is 23. The molecule has 6 atom stereocenters. The molecule has 0 aliphatic carbocycles. The number of aliphatic carboxylic acids is 3. The molecule has 292 valence electrons. The number of hydrogen-bond donors (Lipinski definition) is 8. The highest BCUT2D eigenvalue weighted by atomic mass is 16.6. The summed E-state index contributed by atoms with van der Waals surface area (Å²) >= 11 is 0. The minimum Gasteiger partial charge on any atom is -0.478 e. The molecule has 49 heavy (non-hydrogen) atoms. The van der Waals surface area contributed by atoms with Gasteiger partial charge < -0.3 is 64.5 Å². The molecule has 0 aromatic rings. The average Bonchev–Trinajstić information content (AvgIpc) is 3.08. The van der Waals surface area contributed by atoms with Gasteiger partial charge in [-0.25, -0.2) is 14.4 Å². The fourth-order valence-corrected chi connectivity index (χ4v) is 2.23. The van der Waals surface area contributed by atoms with Gasteiger partial charge in [0.1, 0.15) is 0 Å². The first-order valence-electron chi connectivity index (χ1n) is 15.6. The fraction of sp³-hybridized carbons (Fsp3) is 0.727. The van der Waals surface area contributed by atoms with Gasteiger partial charge in [0.25, 0.3) is 0 Å². The van der Waals surface area contributed by atoms with Crippen molar-refractivity contribution >= 4 is 17.9 Å². The number of carboxylic acids is 3. The maximum absolute atomic E-state index is 9.25. The number of carbonyl (C=O) groups is 3. The number of aliphatic hydroxyl groups excluding tert-OH is 5. The maximum Gasteiger partial charge on any atom is 0.327 e. The van der Waals surface area contributed by atoms with Crippen LogP contribution in [0, 0.1) is 5.41 Å². The zero-order chi connectivity index (χ0) is 39.4. The first-order chi connectivity index (χ1) is 22.8. The van der Waals surface area contributed by atoms with E-state index in [1.54, 1.807) is 6.92 Å². The third-order valence-corrected chi connectivity index (χ3v) is 5.62. The lowest BCUT2D eigenvalue weighted by molar-refractivity contribution is -0.132. The van der Waals surface area contributed by atoms with Crippen molar-refractivity contribution in [2.24, 2.45) is 5.41 Å². The van der Waals surface area contributed by atoms with Crippen LogP contribution in [0.3, 0.4) is 0 Å². The van der Waals surface area contributed by atoms with E-state index in [4.69, 9.17) is 59.4 Å². The Morgan fingerprint density at radius 1 is 0.551 bits per heavy atom. The Bertz CT molecular complexity index is 756. The van der Waals surface area contributed by atoms with Crippen molar-refractivity contribution in [3.63, 3.8) is 0 Å². The normalized spacial score (nSPS) is 14.0. The molecular weight excluding hydrogens is 652 g/mol. The SMILES string of the molecule is C=CC(=O)O.C=CC(=O)O.C=CC(=O)O.CC(O)COC(C)COC(C)COC(C)COC(C)COC(C)CO.CCC(CO)(CO)CO. The van der Waals surface area contributed by atoms with E-state index in [0.717, 1.165) is 18.2 Å². The van der Waals surface area contributed by atoms with Crippen LogP contribution in [0.2, 0.25) is 0 Å². The highest BCUT2D eigenvalue weighted by molar-refractivity contribution is 5.79. The zero-order valence-corrected chi connectivity index (χ0v) is 30.2. The summed E-state index contributed by atoms with van der Waals surface area (Å²) in [5, 5.41) is 66.9. The van der Waals surface area contributed by atoms with Gasteiger partial charge in [-0.1, -0.05) is 26.7 Å². The minimum absolute atomic E-state index is 0.00675. The summed E-state index contributed by atoms with van der Waals surface area (Å²) in [6, 6.07) is 0. The molecule has 0 fully saturated rings. The number of carboxylic acid groups (broad SMARTS) is 3. The van der Waals surface area contributed by atoms with Crippen LogP contribution in [-0.4, -0.2) is 155 Å². The van der Waals surface area contributed by atoms with Gasteiger partial charge in [0.05, 0.1) is 96.1 Å². The molecule has 0 amide bonds. The fourth-order valence-electron chi connectivity index (χ4n) is 2.23. The van der Waals surface area contributed by atoms with E-state index in [-0.39, 0.29) is 56.9 Å². The molecule has 0 radical (unpaired) electrons. The van der Waals surface area contributed by atoms with Gasteiger partial charge in [-0.2, -0.15) is 0 Å². The quantitative estimate of drug-likeness (QED) is 0.0697. The molecular formula is C33H64O16. The molecule has 6 unspecified atom stereocenters. The number of ether oxygens (including phenoxy) is 5. The van der Waals surface area contributed by atoms with E-state index in [1.807, 2.05) is 41.5 Å². The molecule has 0 bridgehead atoms. The second-order valence-electron chi connectivity index (χ2n) is 10.7. The molecule has 0 aliphatic rings. The Morgan fingerprint density at radius 2 is 0.776 bits per heavy atom. The van der Waals surface area contributed by atoms with Crippen molar-refractivity contribution in [3.8, 4) is 0 Å². The Labute approximate surface area is 291 Å². The van der Waals surface area contributed by atoms with E-state index in [9.17, 15) is 19.5 Å². The first-order valence-corrected chi connectivity index (χ1v) is 15.6. The van der Waals surface area contributed by atoms with Crippen molar-refractivity contribution in [1.29, 1.82) is 0 Å². The van der Waals surface area contributed by atoms with E-state index < -0.39 is 29.4 Å². The molecule has 0 spiro atoms. The molecule has 0 aliphatic heterocycles. The molecule has 8 N–H and O–H groups in total. The second kappa shape index (κ2) is 38.0. The van der Waals surface area contributed by atoms with Crippen molar-refractivity contribution in [2.75, 3.05) is 59.5 Å². The van der Waals surface area contributed by atoms with Crippen LogP contribution in [0.5, 0.6) is 0 Å². The van der Waals surface area contributed by atoms with Crippen LogP contribution in [0.25, 0.3) is 0 Å². The average molecular weight is 717 g/mol. The zero-order valence-electron chi connectivity index (χ0n) is 30.2. The maximum atomic E-state index is 9.25. The van der Waals surface area contributed by atoms with Gasteiger partial charge >= 0.3 is 17.9 Å². The van der Waals surface area contributed by atoms with E-state index in [1.165, 1.54) is 0 Å². The predicted molar refractivity (Wildman–Crippen MR) is 183 cm³/mol. The van der Waals surface area contributed by atoms with Gasteiger partial charge in [-0.05, 0) is 48.0 Å². The van der Waals surface area contributed by atoms with Gasteiger partial charge in [-0.15, -0.1) is 0 Å². The molecule has 0 saturated heterocycles. The monoisotopic (exact) mass is 716 g/mol. The molecule has 0 rings (SSSR count). The number of aliphatic hydroxyl groups is 5. The Balaban J connectivity index is -0.000000216. The summed E-state index contributed by atoms with van der Waals surface area (Å²) < 4.78 is 27.9. The molecule has 0 heterocycles. The summed E-state index contributed by atoms with van der Waals surface area (Å²) in [5.74, 6) is -2.94. The van der Waals surface area contributed by atoms with Crippen LogP contribution in [0.1, 0.15) is 54.9 Å². The molecule has 0 saturated carbocycles. The summed E-state index contributed by atoms with van der Waals surface area (Å²) in [6.45, 7) is 23.6. The van der Waals surface area contributed by atoms with Crippen molar-refractivity contribution < 1.29 is 78.9 Å². The highest BCUT2D eigenvalue weighted by Gasteiger charge is 2.25. The molecule has 0 aromatic carbocycles. The largest absolute Gasteiger partial charge is 0.478 e. The van der Waals surface area contributed by atoms with Gasteiger partial charge in [0.15, 0.2) is 0 Å². The third-order valence-electron chi connectivity index (χ3n) is 5.62. The summed E-state index contributed by atoms with van der Waals surface area (Å²) in [7, 11) is 0. The lowest BCUT2D eigenvalue weighted by atomic mass is 9.88. The Kier molecular flexibility index (Phi) is 43.2. The van der Waals surface area contributed by atoms with Crippen LogP contribution in [0.4, 0.5) is 0 Å². The lowest BCUT2D eigenvalue weighted by Gasteiger charge is -2.24. The molecule has 16 nitrogen and oxygen atoms in total. The molecule has 0 aromatic heterocycles. The Hall–Kier alpha value is -2.77. The highest BCUT2D eigenvalue weighted by Crippen LogP contribution is 2.18. The lowest BCUT2D eigenvalue weighted by Crippen LogP contribution is -2.32. The summed E-state index contributed by atoms with van der Waals surface area (Å²) in [5.41, 5.74) is -0.667. The topological polar surface area (TPSA) is 259 Å².